The third-order valence-electron chi connectivity index (χ3n) is 5.44. The summed E-state index contributed by atoms with van der Waals surface area (Å²) in [4.78, 5) is 20.3. The third-order valence-corrected chi connectivity index (χ3v) is 6.38. The Kier molecular flexibility index (Phi) is 6.87. The molecule has 1 aliphatic heterocycles. The van der Waals surface area contributed by atoms with Gasteiger partial charge in [-0.05, 0) is 31.2 Å². The number of benzene rings is 2. The predicted molar refractivity (Wildman–Crippen MR) is 126 cm³/mol. The number of thiazole rings is 1. The summed E-state index contributed by atoms with van der Waals surface area (Å²) in [5.74, 6) is 1.43. The molecule has 8 nitrogen and oxygen atoms in total. The average Bonchev–Trinajstić information content (AvgIpc) is 3.28. The lowest BCUT2D eigenvalue weighted by molar-refractivity contribution is -0.384. The minimum Gasteiger partial charge on any atom is -0.493 e. The molecule has 1 aromatic heterocycles. The van der Waals surface area contributed by atoms with Crippen LogP contribution in [0.4, 0.5) is 11.4 Å². The third kappa shape index (κ3) is 4.84. The summed E-state index contributed by atoms with van der Waals surface area (Å²) in [6, 6.07) is 12.8. The maximum atomic E-state index is 11.3. The van der Waals surface area contributed by atoms with Gasteiger partial charge in [-0.1, -0.05) is 12.1 Å². The summed E-state index contributed by atoms with van der Waals surface area (Å²) < 4.78 is 11.1. The SMILES string of the molecule is CCOc1ccc(-c2nc(CN3CCN(c4ccccc4[N+](=O)[O-])CC3)cs2)cc1OC. The van der Waals surface area contributed by atoms with Gasteiger partial charge in [0, 0.05) is 49.7 Å². The first kappa shape index (κ1) is 22.0. The van der Waals surface area contributed by atoms with Crippen molar-refractivity contribution in [3.8, 4) is 22.1 Å². The van der Waals surface area contributed by atoms with Gasteiger partial charge in [0.15, 0.2) is 11.5 Å². The second kappa shape index (κ2) is 9.97. The Morgan fingerprint density at radius 1 is 1.12 bits per heavy atom. The fourth-order valence-corrected chi connectivity index (χ4v) is 4.66. The number of para-hydroxylation sites is 2. The standard InChI is InChI=1S/C23H26N4O4S/c1-3-31-21-9-8-17(14-22(21)30-2)23-24-18(16-32-23)15-25-10-12-26(13-11-25)19-6-4-5-7-20(19)27(28)29/h4-9,14,16H,3,10-13,15H2,1-2H3. The van der Waals surface area contributed by atoms with Gasteiger partial charge in [-0.3, -0.25) is 15.0 Å². The van der Waals surface area contributed by atoms with Gasteiger partial charge < -0.3 is 14.4 Å². The van der Waals surface area contributed by atoms with E-state index in [0.29, 0.717) is 18.0 Å². The molecule has 32 heavy (non-hydrogen) atoms. The van der Waals surface area contributed by atoms with Crippen LogP contribution in [-0.4, -0.2) is 54.7 Å². The van der Waals surface area contributed by atoms with E-state index in [-0.39, 0.29) is 10.6 Å². The molecule has 0 N–H and O–H groups in total. The molecular formula is C23H26N4O4S. The molecule has 0 radical (unpaired) electrons. The molecule has 1 fully saturated rings. The molecule has 0 saturated carbocycles. The zero-order valence-electron chi connectivity index (χ0n) is 18.2. The first-order valence-electron chi connectivity index (χ1n) is 10.6. The smallest absolute Gasteiger partial charge is 0.292 e. The maximum absolute atomic E-state index is 11.3. The number of nitro benzene ring substituents is 1. The van der Waals surface area contributed by atoms with Crippen molar-refractivity contribution in [2.45, 2.75) is 13.5 Å². The number of nitro groups is 1. The average molecular weight is 455 g/mol. The van der Waals surface area contributed by atoms with E-state index in [0.717, 1.165) is 54.7 Å². The molecule has 168 valence electrons. The van der Waals surface area contributed by atoms with Crippen molar-refractivity contribution in [3.05, 3.63) is 63.7 Å². The van der Waals surface area contributed by atoms with Gasteiger partial charge in [-0.25, -0.2) is 4.98 Å². The topological polar surface area (TPSA) is 81.0 Å². The first-order valence-corrected chi connectivity index (χ1v) is 11.4. The van der Waals surface area contributed by atoms with Crippen molar-refractivity contribution < 1.29 is 14.4 Å². The normalized spacial score (nSPS) is 14.4. The number of aromatic nitrogens is 1. The minimum absolute atomic E-state index is 0.163. The Morgan fingerprint density at radius 2 is 1.91 bits per heavy atom. The summed E-state index contributed by atoms with van der Waals surface area (Å²) in [5, 5.41) is 14.4. The van der Waals surface area contributed by atoms with Crippen LogP contribution < -0.4 is 14.4 Å². The number of hydrogen-bond donors (Lipinski definition) is 0. The van der Waals surface area contributed by atoms with Gasteiger partial charge in [0.1, 0.15) is 10.7 Å². The van der Waals surface area contributed by atoms with Gasteiger partial charge in [0.25, 0.3) is 5.69 Å². The fourth-order valence-electron chi connectivity index (χ4n) is 3.85. The molecule has 0 bridgehead atoms. The largest absolute Gasteiger partial charge is 0.493 e. The van der Waals surface area contributed by atoms with E-state index < -0.39 is 0 Å². The second-order valence-corrected chi connectivity index (χ2v) is 8.31. The molecule has 2 aromatic carbocycles. The molecular weight excluding hydrogens is 428 g/mol. The molecule has 3 aromatic rings. The second-order valence-electron chi connectivity index (χ2n) is 7.45. The molecule has 0 amide bonds. The summed E-state index contributed by atoms with van der Waals surface area (Å²) in [6.45, 7) is 6.44. The van der Waals surface area contributed by atoms with Gasteiger partial charge in [-0.15, -0.1) is 11.3 Å². The van der Waals surface area contributed by atoms with E-state index in [1.165, 1.54) is 0 Å². The molecule has 0 atom stereocenters. The molecule has 9 heteroatoms. The predicted octanol–water partition coefficient (Wildman–Crippen LogP) is 4.45. The van der Waals surface area contributed by atoms with Crippen molar-refractivity contribution in [2.24, 2.45) is 0 Å². The molecule has 2 heterocycles. The van der Waals surface area contributed by atoms with E-state index in [1.54, 1.807) is 30.6 Å². The van der Waals surface area contributed by atoms with Crippen molar-refractivity contribution >= 4 is 22.7 Å². The molecule has 0 unspecified atom stereocenters. The van der Waals surface area contributed by atoms with Gasteiger partial charge in [-0.2, -0.15) is 0 Å². The first-order chi connectivity index (χ1) is 15.6. The highest BCUT2D eigenvalue weighted by Crippen LogP contribution is 2.34. The van der Waals surface area contributed by atoms with Crippen LogP contribution in [0.5, 0.6) is 11.5 Å². The van der Waals surface area contributed by atoms with Gasteiger partial charge in [0.05, 0.1) is 24.3 Å². The molecule has 4 rings (SSSR count). The number of anilines is 1. The van der Waals surface area contributed by atoms with Crippen LogP contribution in [-0.2, 0) is 6.54 Å². The van der Waals surface area contributed by atoms with Crippen LogP contribution >= 0.6 is 11.3 Å². The lowest BCUT2D eigenvalue weighted by Crippen LogP contribution is -2.46. The lowest BCUT2D eigenvalue weighted by atomic mass is 10.2. The van der Waals surface area contributed by atoms with E-state index in [1.807, 2.05) is 37.3 Å². The summed E-state index contributed by atoms with van der Waals surface area (Å²) >= 11 is 1.61. The Labute approximate surface area is 191 Å². The van der Waals surface area contributed by atoms with Crippen LogP contribution in [0.25, 0.3) is 10.6 Å². The minimum atomic E-state index is -0.311. The molecule has 0 aliphatic carbocycles. The Morgan fingerprint density at radius 3 is 2.62 bits per heavy atom. The van der Waals surface area contributed by atoms with Crippen LogP contribution in [0.1, 0.15) is 12.6 Å². The number of rotatable bonds is 8. The Hall–Kier alpha value is -3.17. The number of nitrogens with zero attached hydrogens (tertiary/aromatic N) is 4. The van der Waals surface area contributed by atoms with Crippen LogP contribution in [0.15, 0.2) is 47.8 Å². The van der Waals surface area contributed by atoms with Crippen molar-refractivity contribution in [1.82, 2.24) is 9.88 Å². The number of hydrogen-bond acceptors (Lipinski definition) is 8. The van der Waals surface area contributed by atoms with Crippen molar-refractivity contribution in [1.29, 1.82) is 0 Å². The lowest BCUT2D eigenvalue weighted by Gasteiger charge is -2.35. The summed E-state index contributed by atoms with van der Waals surface area (Å²) in [6.07, 6.45) is 0. The molecule has 1 saturated heterocycles. The van der Waals surface area contributed by atoms with Crippen molar-refractivity contribution in [2.75, 3.05) is 44.8 Å². The zero-order chi connectivity index (χ0) is 22.5. The number of piperazine rings is 1. The highest BCUT2D eigenvalue weighted by atomic mass is 32.1. The number of ether oxygens (including phenoxy) is 2. The quantitative estimate of drug-likeness (QED) is 0.367. The van der Waals surface area contributed by atoms with E-state index in [4.69, 9.17) is 14.5 Å². The van der Waals surface area contributed by atoms with Crippen LogP contribution in [0, 0.1) is 10.1 Å². The molecule has 0 spiro atoms. The maximum Gasteiger partial charge on any atom is 0.292 e. The summed E-state index contributed by atoms with van der Waals surface area (Å²) in [7, 11) is 1.64. The van der Waals surface area contributed by atoms with Crippen molar-refractivity contribution in [3.63, 3.8) is 0 Å². The van der Waals surface area contributed by atoms with Gasteiger partial charge >= 0.3 is 0 Å². The van der Waals surface area contributed by atoms with E-state index in [9.17, 15) is 10.1 Å². The molecule has 1 aliphatic rings. The Bertz CT molecular complexity index is 1080. The highest BCUT2D eigenvalue weighted by Gasteiger charge is 2.23. The Balaban J connectivity index is 1.39. The fraction of sp³-hybridized carbons (Fsp3) is 0.348. The van der Waals surface area contributed by atoms with E-state index >= 15 is 0 Å². The van der Waals surface area contributed by atoms with Crippen LogP contribution in [0.2, 0.25) is 0 Å². The van der Waals surface area contributed by atoms with E-state index in [2.05, 4.69) is 15.2 Å². The summed E-state index contributed by atoms with van der Waals surface area (Å²) in [5.41, 5.74) is 2.88. The monoisotopic (exact) mass is 454 g/mol. The van der Waals surface area contributed by atoms with Crippen LogP contribution in [0.3, 0.4) is 0 Å². The zero-order valence-corrected chi connectivity index (χ0v) is 19.0. The van der Waals surface area contributed by atoms with Gasteiger partial charge in [0.2, 0.25) is 0 Å². The highest BCUT2D eigenvalue weighted by molar-refractivity contribution is 7.13. The number of methoxy groups -OCH3 is 1.